The Balaban J connectivity index is 2.24. The number of rotatable bonds is 6. The lowest BCUT2D eigenvalue weighted by molar-refractivity contribution is -0.385. The molecular weight excluding hydrogens is 258 g/mol. The van der Waals surface area contributed by atoms with E-state index < -0.39 is 4.92 Å². The molecule has 0 amide bonds. The lowest BCUT2D eigenvalue weighted by Crippen LogP contribution is -2.36. The smallest absolute Gasteiger partial charge is 0.332 e. The van der Waals surface area contributed by atoms with Crippen molar-refractivity contribution in [2.75, 3.05) is 24.2 Å². The van der Waals surface area contributed by atoms with Gasteiger partial charge >= 0.3 is 5.69 Å². The predicted octanol–water partition coefficient (Wildman–Crippen LogP) is 2.73. The summed E-state index contributed by atoms with van der Waals surface area (Å²) in [4.78, 5) is 19.0. The van der Waals surface area contributed by atoms with E-state index in [2.05, 4.69) is 27.5 Å². The molecule has 1 fully saturated rings. The van der Waals surface area contributed by atoms with Gasteiger partial charge in [-0.1, -0.05) is 13.3 Å². The first kappa shape index (κ1) is 14.5. The minimum Gasteiger partial charge on any atom is -0.364 e. The number of hydrogen-bond acceptors (Lipinski definition) is 6. The summed E-state index contributed by atoms with van der Waals surface area (Å²) in [5, 5.41) is 17.2. The number of hydrogen-bond donors (Lipinski definition) is 2. The number of nitrogens with zero attached hydrogens (tertiary/aromatic N) is 3. The first-order chi connectivity index (χ1) is 9.51. The first-order valence-electron chi connectivity index (χ1n) is 6.96. The van der Waals surface area contributed by atoms with Crippen molar-refractivity contribution in [1.29, 1.82) is 0 Å². The van der Waals surface area contributed by atoms with Crippen LogP contribution < -0.4 is 10.6 Å². The Bertz CT molecular complexity index is 508. The highest BCUT2D eigenvalue weighted by atomic mass is 16.6. The molecule has 2 N–H and O–H groups in total. The van der Waals surface area contributed by atoms with Crippen LogP contribution in [0.3, 0.4) is 0 Å². The van der Waals surface area contributed by atoms with E-state index in [1.54, 1.807) is 14.0 Å². The van der Waals surface area contributed by atoms with Gasteiger partial charge in [0.25, 0.3) is 0 Å². The molecule has 1 aromatic heterocycles. The largest absolute Gasteiger partial charge is 0.364 e. The third kappa shape index (κ3) is 2.66. The van der Waals surface area contributed by atoms with Crippen LogP contribution in [0.4, 0.5) is 17.5 Å². The van der Waals surface area contributed by atoms with E-state index >= 15 is 0 Å². The van der Waals surface area contributed by atoms with Crippen molar-refractivity contribution in [2.24, 2.45) is 5.41 Å². The Morgan fingerprint density at radius 2 is 2.10 bits per heavy atom. The third-order valence-electron chi connectivity index (χ3n) is 4.26. The molecule has 0 spiro atoms. The van der Waals surface area contributed by atoms with Crippen LogP contribution in [0.5, 0.6) is 0 Å². The van der Waals surface area contributed by atoms with Gasteiger partial charge in [0.05, 0.1) is 4.92 Å². The van der Waals surface area contributed by atoms with E-state index in [9.17, 15) is 10.1 Å². The lowest BCUT2D eigenvalue weighted by Gasteiger charge is -2.41. The van der Waals surface area contributed by atoms with Crippen molar-refractivity contribution in [3.8, 4) is 0 Å². The van der Waals surface area contributed by atoms with Crippen LogP contribution >= 0.6 is 0 Å². The van der Waals surface area contributed by atoms with Crippen molar-refractivity contribution in [3.05, 3.63) is 15.8 Å². The molecule has 1 aliphatic rings. The summed E-state index contributed by atoms with van der Waals surface area (Å²) in [5.41, 5.74) is 0.609. The van der Waals surface area contributed by atoms with E-state index in [-0.39, 0.29) is 11.1 Å². The Hall–Kier alpha value is -1.92. The summed E-state index contributed by atoms with van der Waals surface area (Å²) in [5.74, 6) is 0.710. The molecule has 2 rings (SSSR count). The molecule has 1 aliphatic carbocycles. The molecule has 1 heterocycles. The minimum absolute atomic E-state index is 0.0328. The summed E-state index contributed by atoms with van der Waals surface area (Å²) in [7, 11) is 1.70. The second-order valence-corrected chi connectivity index (χ2v) is 5.40. The van der Waals surface area contributed by atoms with Gasteiger partial charge in [-0.2, -0.15) is 4.98 Å². The molecule has 20 heavy (non-hydrogen) atoms. The molecule has 0 aliphatic heterocycles. The molecule has 0 atom stereocenters. The highest BCUT2D eigenvalue weighted by Crippen LogP contribution is 2.44. The molecule has 110 valence electrons. The summed E-state index contributed by atoms with van der Waals surface area (Å²) >= 11 is 0. The number of nitrogens with one attached hydrogen (secondary N) is 2. The molecule has 7 nitrogen and oxygen atoms in total. The van der Waals surface area contributed by atoms with Crippen molar-refractivity contribution >= 4 is 17.5 Å². The molecule has 7 heteroatoms. The molecule has 0 radical (unpaired) electrons. The molecule has 0 aromatic carbocycles. The topological polar surface area (TPSA) is 93.0 Å². The fourth-order valence-electron chi connectivity index (χ4n) is 2.62. The number of aryl methyl sites for hydroxylation is 1. The highest BCUT2D eigenvalue weighted by Gasteiger charge is 2.35. The van der Waals surface area contributed by atoms with E-state index in [0.717, 1.165) is 13.0 Å². The number of anilines is 2. The van der Waals surface area contributed by atoms with Gasteiger partial charge in [0.1, 0.15) is 5.69 Å². The SMILES string of the molecule is CCC1(CNc2nc(NC)nc(C)c2[N+](=O)[O-])CCC1. The van der Waals surface area contributed by atoms with Gasteiger partial charge < -0.3 is 10.6 Å². The van der Waals surface area contributed by atoms with E-state index in [1.807, 2.05) is 0 Å². The zero-order chi connectivity index (χ0) is 14.8. The summed E-state index contributed by atoms with van der Waals surface area (Å²) in [6.07, 6.45) is 4.67. The van der Waals surface area contributed by atoms with Crippen LogP contribution in [0.1, 0.15) is 38.3 Å². The maximum atomic E-state index is 11.2. The summed E-state index contributed by atoms with van der Waals surface area (Å²) in [6.45, 7) is 4.52. The van der Waals surface area contributed by atoms with Gasteiger partial charge in [-0.15, -0.1) is 0 Å². The van der Waals surface area contributed by atoms with Gasteiger partial charge in [-0.05, 0) is 31.6 Å². The van der Waals surface area contributed by atoms with Crippen molar-refractivity contribution in [1.82, 2.24) is 9.97 Å². The Morgan fingerprint density at radius 3 is 2.55 bits per heavy atom. The van der Waals surface area contributed by atoms with E-state index in [0.29, 0.717) is 17.5 Å². The van der Waals surface area contributed by atoms with Crippen LogP contribution in [0.15, 0.2) is 0 Å². The summed E-state index contributed by atoms with van der Waals surface area (Å²) < 4.78 is 0. The normalized spacial score (nSPS) is 16.4. The van der Waals surface area contributed by atoms with Gasteiger partial charge in [-0.3, -0.25) is 10.1 Å². The zero-order valence-corrected chi connectivity index (χ0v) is 12.2. The van der Waals surface area contributed by atoms with Crippen LogP contribution in [0.2, 0.25) is 0 Å². The molecule has 0 saturated heterocycles. The van der Waals surface area contributed by atoms with E-state index in [1.165, 1.54) is 19.3 Å². The van der Waals surface area contributed by atoms with Crippen LogP contribution in [-0.2, 0) is 0 Å². The second kappa shape index (κ2) is 5.60. The summed E-state index contributed by atoms with van der Waals surface area (Å²) in [6, 6.07) is 0. The highest BCUT2D eigenvalue weighted by molar-refractivity contribution is 5.60. The van der Waals surface area contributed by atoms with Crippen molar-refractivity contribution in [3.63, 3.8) is 0 Å². The van der Waals surface area contributed by atoms with Crippen molar-refractivity contribution < 1.29 is 4.92 Å². The zero-order valence-electron chi connectivity index (χ0n) is 12.2. The fraction of sp³-hybridized carbons (Fsp3) is 0.692. The number of nitro groups is 1. The van der Waals surface area contributed by atoms with Gasteiger partial charge in [0.15, 0.2) is 0 Å². The van der Waals surface area contributed by atoms with Crippen LogP contribution in [0.25, 0.3) is 0 Å². The van der Waals surface area contributed by atoms with Crippen LogP contribution in [-0.4, -0.2) is 28.5 Å². The standard InChI is InChI=1S/C13H21N5O2/c1-4-13(6-5-7-13)8-15-11-10(18(19)20)9(2)16-12(14-3)17-11/h4-8H2,1-3H3,(H2,14,15,16,17). The fourth-order valence-corrected chi connectivity index (χ4v) is 2.62. The van der Waals surface area contributed by atoms with E-state index in [4.69, 9.17) is 0 Å². The van der Waals surface area contributed by atoms with Gasteiger partial charge in [0.2, 0.25) is 11.8 Å². The quantitative estimate of drug-likeness (QED) is 0.614. The minimum atomic E-state index is -0.420. The van der Waals surface area contributed by atoms with Gasteiger partial charge in [-0.25, -0.2) is 4.98 Å². The Morgan fingerprint density at radius 1 is 1.40 bits per heavy atom. The molecular formula is C13H21N5O2. The average Bonchev–Trinajstić information content (AvgIpc) is 2.36. The average molecular weight is 279 g/mol. The Labute approximate surface area is 118 Å². The molecule has 0 bridgehead atoms. The second-order valence-electron chi connectivity index (χ2n) is 5.40. The maximum Gasteiger partial charge on any atom is 0.332 e. The van der Waals surface area contributed by atoms with Gasteiger partial charge in [0, 0.05) is 13.6 Å². The Kier molecular flexibility index (Phi) is 4.06. The van der Waals surface area contributed by atoms with Crippen molar-refractivity contribution in [2.45, 2.75) is 39.5 Å². The maximum absolute atomic E-state index is 11.2. The molecule has 1 saturated carbocycles. The first-order valence-corrected chi connectivity index (χ1v) is 6.96. The third-order valence-corrected chi connectivity index (χ3v) is 4.26. The molecule has 1 aromatic rings. The monoisotopic (exact) mass is 279 g/mol. The lowest BCUT2D eigenvalue weighted by atomic mass is 9.67. The molecule has 0 unspecified atom stereocenters. The number of aromatic nitrogens is 2. The predicted molar refractivity (Wildman–Crippen MR) is 78.0 cm³/mol. The van der Waals surface area contributed by atoms with Crippen LogP contribution in [0, 0.1) is 22.5 Å².